The van der Waals surface area contributed by atoms with Gasteiger partial charge in [0, 0.05) is 38.0 Å². The van der Waals surface area contributed by atoms with E-state index in [9.17, 15) is 9.59 Å². The van der Waals surface area contributed by atoms with E-state index >= 15 is 0 Å². The third-order valence-corrected chi connectivity index (χ3v) is 5.70. The van der Waals surface area contributed by atoms with Crippen LogP contribution in [0.1, 0.15) is 39.4 Å². The van der Waals surface area contributed by atoms with Crippen molar-refractivity contribution < 1.29 is 9.59 Å². The maximum absolute atomic E-state index is 12.4. The van der Waals surface area contributed by atoms with E-state index in [1.54, 1.807) is 16.2 Å². The molecule has 1 aliphatic carbocycles. The first-order valence-electron chi connectivity index (χ1n) is 7.68. The molecule has 0 bridgehead atoms. The zero-order chi connectivity index (χ0) is 15.0. The number of rotatable bonds is 2. The van der Waals surface area contributed by atoms with Crippen molar-refractivity contribution in [2.24, 2.45) is 5.92 Å². The molecule has 4 nitrogen and oxygen atoms in total. The molecule has 2 amide bonds. The van der Waals surface area contributed by atoms with Crippen LogP contribution >= 0.6 is 11.3 Å². The monoisotopic (exact) mass is 306 g/mol. The number of thiophene rings is 1. The molecule has 2 aliphatic rings. The van der Waals surface area contributed by atoms with Gasteiger partial charge in [0.2, 0.25) is 5.91 Å². The average molecular weight is 306 g/mol. The zero-order valence-corrected chi connectivity index (χ0v) is 13.5. The lowest BCUT2D eigenvalue weighted by atomic mass is 9.87. The predicted molar refractivity (Wildman–Crippen MR) is 83.7 cm³/mol. The number of carbonyl (C=O) groups excluding carboxylic acids is 2. The maximum Gasteiger partial charge on any atom is 0.263 e. The molecule has 0 aromatic carbocycles. The Morgan fingerprint density at radius 1 is 1.29 bits per heavy atom. The number of aryl methyl sites for hydroxylation is 1. The van der Waals surface area contributed by atoms with Gasteiger partial charge >= 0.3 is 0 Å². The summed E-state index contributed by atoms with van der Waals surface area (Å²) in [6.45, 7) is 1.78. The van der Waals surface area contributed by atoms with Gasteiger partial charge in [0.05, 0.1) is 4.88 Å². The minimum atomic E-state index is 0.0804. The number of hydrogen-bond donors (Lipinski definition) is 0. The van der Waals surface area contributed by atoms with Gasteiger partial charge in [0.25, 0.3) is 5.91 Å². The second-order valence-electron chi connectivity index (χ2n) is 6.23. The molecular formula is C16H22N2O2S. The molecule has 21 heavy (non-hydrogen) atoms. The second-order valence-corrected chi connectivity index (χ2v) is 7.37. The van der Waals surface area contributed by atoms with Crippen molar-refractivity contribution in [2.75, 3.05) is 27.2 Å². The highest BCUT2D eigenvalue weighted by Crippen LogP contribution is 2.33. The topological polar surface area (TPSA) is 40.6 Å². The van der Waals surface area contributed by atoms with Crippen molar-refractivity contribution in [3.63, 3.8) is 0 Å². The minimum Gasteiger partial charge on any atom is -0.349 e. The number of amides is 2. The molecule has 5 heteroatoms. The van der Waals surface area contributed by atoms with Crippen molar-refractivity contribution in [3.8, 4) is 0 Å². The largest absolute Gasteiger partial charge is 0.349 e. The summed E-state index contributed by atoms with van der Waals surface area (Å²) in [7, 11) is 3.63. The SMILES string of the molecule is CN(C)C(=O)C1CCc2sc(C(=O)N3CCCC3)cc2C1. The molecule has 114 valence electrons. The van der Waals surface area contributed by atoms with Crippen LogP contribution in [0.5, 0.6) is 0 Å². The van der Waals surface area contributed by atoms with E-state index in [4.69, 9.17) is 0 Å². The summed E-state index contributed by atoms with van der Waals surface area (Å²) in [5.74, 6) is 0.471. The van der Waals surface area contributed by atoms with Gasteiger partial charge in [0.1, 0.15) is 0 Å². The summed E-state index contributed by atoms with van der Waals surface area (Å²) in [5.41, 5.74) is 1.22. The smallest absolute Gasteiger partial charge is 0.263 e. The van der Waals surface area contributed by atoms with Crippen LogP contribution in [0, 0.1) is 5.92 Å². The van der Waals surface area contributed by atoms with Gasteiger partial charge in [0.15, 0.2) is 0 Å². The lowest BCUT2D eigenvalue weighted by Gasteiger charge is -2.24. The third kappa shape index (κ3) is 2.84. The fourth-order valence-electron chi connectivity index (χ4n) is 3.28. The first-order chi connectivity index (χ1) is 10.1. The summed E-state index contributed by atoms with van der Waals surface area (Å²) in [4.78, 5) is 30.4. The molecule has 1 atom stereocenters. The van der Waals surface area contributed by atoms with E-state index in [-0.39, 0.29) is 17.7 Å². The van der Waals surface area contributed by atoms with E-state index in [0.717, 1.165) is 50.1 Å². The number of fused-ring (bicyclic) bond motifs is 1. The van der Waals surface area contributed by atoms with Crippen molar-refractivity contribution in [3.05, 3.63) is 21.4 Å². The standard InChI is InChI=1S/C16H22N2O2S/c1-17(2)15(19)11-5-6-13-12(9-11)10-14(21-13)16(20)18-7-3-4-8-18/h10-11H,3-9H2,1-2H3. The lowest BCUT2D eigenvalue weighted by Crippen LogP contribution is -2.32. The predicted octanol–water partition coefficient (Wildman–Crippen LogP) is 2.18. The van der Waals surface area contributed by atoms with Crippen LogP contribution in [0.15, 0.2) is 6.07 Å². The highest BCUT2D eigenvalue weighted by Gasteiger charge is 2.29. The van der Waals surface area contributed by atoms with Gasteiger partial charge in [-0.25, -0.2) is 0 Å². The summed E-state index contributed by atoms with van der Waals surface area (Å²) >= 11 is 1.64. The average Bonchev–Trinajstić information content (AvgIpc) is 3.13. The van der Waals surface area contributed by atoms with E-state index in [1.165, 1.54) is 10.4 Å². The maximum atomic E-state index is 12.4. The third-order valence-electron chi connectivity index (χ3n) is 4.48. The molecule has 1 fully saturated rings. The molecule has 2 heterocycles. The molecule has 1 unspecified atom stereocenters. The van der Waals surface area contributed by atoms with Crippen molar-refractivity contribution in [1.82, 2.24) is 9.80 Å². The number of hydrogen-bond acceptors (Lipinski definition) is 3. The molecule has 1 aromatic rings. The van der Waals surface area contributed by atoms with Gasteiger partial charge < -0.3 is 9.80 Å². The van der Waals surface area contributed by atoms with Gasteiger partial charge in [-0.15, -0.1) is 11.3 Å². The highest BCUT2D eigenvalue weighted by molar-refractivity contribution is 7.14. The molecular weight excluding hydrogens is 284 g/mol. The summed E-state index contributed by atoms with van der Waals surface area (Å²) in [5, 5.41) is 0. The van der Waals surface area contributed by atoms with Crippen LogP contribution in [0.4, 0.5) is 0 Å². The molecule has 0 spiro atoms. The van der Waals surface area contributed by atoms with Crippen molar-refractivity contribution in [1.29, 1.82) is 0 Å². The summed E-state index contributed by atoms with van der Waals surface area (Å²) < 4.78 is 0. The fourth-order valence-corrected chi connectivity index (χ4v) is 4.46. The van der Waals surface area contributed by atoms with E-state index in [0.29, 0.717) is 0 Å². The zero-order valence-electron chi connectivity index (χ0n) is 12.7. The highest BCUT2D eigenvalue weighted by atomic mass is 32.1. The Hall–Kier alpha value is -1.36. The van der Waals surface area contributed by atoms with Crippen LogP contribution in [0.2, 0.25) is 0 Å². The summed E-state index contributed by atoms with van der Waals surface area (Å²) in [6, 6.07) is 2.04. The second kappa shape index (κ2) is 5.79. The van der Waals surface area contributed by atoms with Crippen LogP contribution in [-0.2, 0) is 17.6 Å². The Balaban J connectivity index is 1.75. The number of carbonyl (C=O) groups is 2. The van der Waals surface area contributed by atoms with Crippen LogP contribution in [0.25, 0.3) is 0 Å². The molecule has 3 rings (SSSR count). The molecule has 0 N–H and O–H groups in total. The molecule has 0 radical (unpaired) electrons. The lowest BCUT2D eigenvalue weighted by molar-refractivity contribution is -0.133. The summed E-state index contributed by atoms with van der Waals surface area (Å²) in [6.07, 6.45) is 4.86. The Morgan fingerprint density at radius 3 is 2.67 bits per heavy atom. The van der Waals surface area contributed by atoms with Gasteiger partial charge in [-0.3, -0.25) is 9.59 Å². The first kappa shape index (κ1) is 14.6. The molecule has 1 aliphatic heterocycles. The van der Waals surface area contributed by atoms with Crippen LogP contribution < -0.4 is 0 Å². The Morgan fingerprint density at radius 2 is 2.00 bits per heavy atom. The quantitative estimate of drug-likeness (QED) is 0.840. The minimum absolute atomic E-state index is 0.0804. The number of nitrogens with zero attached hydrogens (tertiary/aromatic N) is 2. The van der Waals surface area contributed by atoms with E-state index < -0.39 is 0 Å². The van der Waals surface area contributed by atoms with Crippen LogP contribution in [-0.4, -0.2) is 48.8 Å². The van der Waals surface area contributed by atoms with Crippen molar-refractivity contribution in [2.45, 2.75) is 32.1 Å². The van der Waals surface area contributed by atoms with Gasteiger partial charge in [-0.1, -0.05) is 0 Å². The fraction of sp³-hybridized carbons (Fsp3) is 0.625. The normalized spacial score (nSPS) is 21.2. The van der Waals surface area contributed by atoms with Gasteiger partial charge in [-0.2, -0.15) is 0 Å². The molecule has 1 aromatic heterocycles. The molecule has 1 saturated heterocycles. The van der Waals surface area contributed by atoms with E-state index in [2.05, 4.69) is 0 Å². The van der Waals surface area contributed by atoms with E-state index in [1.807, 2.05) is 25.1 Å². The Bertz CT molecular complexity index is 559. The van der Waals surface area contributed by atoms with Crippen molar-refractivity contribution >= 4 is 23.2 Å². The Labute approximate surface area is 129 Å². The van der Waals surface area contributed by atoms with Crippen LogP contribution in [0.3, 0.4) is 0 Å². The van der Waals surface area contributed by atoms with Gasteiger partial charge in [-0.05, 0) is 43.7 Å². The molecule has 0 saturated carbocycles. The first-order valence-corrected chi connectivity index (χ1v) is 8.50. The number of likely N-dealkylation sites (tertiary alicyclic amines) is 1. The Kier molecular flexibility index (Phi) is 4.02.